The molecule has 0 aliphatic rings. The van der Waals surface area contributed by atoms with Gasteiger partial charge in [-0.05, 0) is 36.6 Å². The zero-order valence-electron chi connectivity index (χ0n) is 18.1. The van der Waals surface area contributed by atoms with Crippen LogP contribution in [0.2, 0.25) is 0 Å². The molecular formula is C26H27NO4S. The van der Waals surface area contributed by atoms with Crippen LogP contribution in [0.25, 0.3) is 0 Å². The molecule has 3 aromatic carbocycles. The maximum absolute atomic E-state index is 12.9. The van der Waals surface area contributed by atoms with Gasteiger partial charge < -0.3 is 5.32 Å². The van der Waals surface area contributed by atoms with E-state index in [0.29, 0.717) is 13.0 Å². The Morgan fingerprint density at radius 1 is 0.812 bits per heavy atom. The summed E-state index contributed by atoms with van der Waals surface area (Å²) in [5.74, 6) is -0.917. The molecule has 0 unspecified atom stereocenters. The SMILES string of the molecule is Cc1ccc(CC(=O)CCS(=O)(=O)c2ccccc2C(=O)NCCc2ccccc2)cc1. The number of amides is 1. The lowest BCUT2D eigenvalue weighted by atomic mass is 10.1. The van der Waals surface area contributed by atoms with Crippen LogP contribution in [-0.4, -0.2) is 32.4 Å². The lowest BCUT2D eigenvalue weighted by Crippen LogP contribution is -2.27. The van der Waals surface area contributed by atoms with Gasteiger partial charge in [0.2, 0.25) is 0 Å². The Morgan fingerprint density at radius 2 is 1.47 bits per heavy atom. The topological polar surface area (TPSA) is 80.3 Å². The van der Waals surface area contributed by atoms with Crippen molar-refractivity contribution in [1.82, 2.24) is 5.32 Å². The van der Waals surface area contributed by atoms with E-state index in [9.17, 15) is 18.0 Å². The zero-order valence-corrected chi connectivity index (χ0v) is 18.9. The van der Waals surface area contributed by atoms with Crippen molar-refractivity contribution in [2.24, 2.45) is 0 Å². The summed E-state index contributed by atoms with van der Waals surface area (Å²) < 4.78 is 25.8. The summed E-state index contributed by atoms with van der Waals surface area (Å²) in [4.78, 5) is 25.0. The third-order valence-corrected chi connectivity index (χ3v) is 6.95. The van der Waals surface area contributed by atoms with E-state index in [1.807, 2.05) is 61.5 Å². The molecule has 0 fully saturated rings. The van der Waals surface area contributed by atoms with Crippen molar-refractivity contribution in [2.45, 2.75) is 31.1 Å². The largest absolute Gasteiger partial charge is 0.352 e. The van der Waals surface area contributed by atoms with Crippen LogP contribution >= 0.6 is 0 Å². The van der Waals surface area contributed by atoms with Crippen molar-refractivity contribution >= 4 is 21.5 Å². The molecule has 3 rings (SSSR count). The Hall–Kier alpha value is -3.25. The molecule has 0 atom stereocenters. The van der Waals surface area contributed by atoms with Crippen LogP contribution in [0, 0.1) is 6.92 Å². The van der Waals surface area contributed by atoms with Gasteiger partial charge in [-0.15, -0.1) is 0 Å². The predicted molar refractivity (Wildman–Crippen MR) is 125 cm³/mol. The van der Waals surface area contributed by atoms with Crippen LogP contribution in [0.1, 0.15) is 33.5 Å². The monoisotopic (exact) mass is 449 g/mol. The number of Topliss-reactive ketones (excluding diaryl/α,β-unsaturated/α-hetero) is 1. The smallest absolute Gasteiger partial charge is 0.252 e. The van der Waals surface area contributed by atoms with Crippen LogP contribution < -0.4 is 5.32 Å². The molecule has 0 saturated heterocycles. The molecule has 0 aliphatic carbocycles. The maximum atomic E-state index is 12.9. The number of sulfone groups is 1. The van der Waals surface area contributed by atoms with Gasteiger partial charge in [0.25, 0.3) is 5.91 Å². The quantitative estimate of drug-likeness (QED) is 0.508. The normalized spacial score (nSPS) is 11.2. The van der Waals surface area contributed by atoms with Crippen molar-refractivity contribution in [3.8, 4) is 0 Å². The average Bonchev–Trinajstić information content (AvgIpc) is 2.80. The molecule has 0 aromatic heterocycles. The van der Waals surface area contributed by atoms with Crippen LogP contribution in [0.3, 0.4) is 0 Å². The molecule has 1 N–H and O–H groups in total. The van der Waals surface area contributed by atoms with E-state index in [-0.39, 0.29) is 34.8 Å². The van der Waals surface area contributed by atoms with Crippen molar-refractivity contribution in [3.05, 3.63) is 101 Å². The van der Waals surface area contributed by atoms with Gasteiger partial charge in [0, 0.05) is 19.4 Å². The molecule has 0 saturated carbocycles. The molecule has 0 bridgehead atoms. The molecule has 32 heavy (non-hydrogen) atoms. The molecule has 5 nitrogen and oxygen atoms in total. The van der Waals surface area contributed by atoms with Gasteiger partial charge in [-0.2, -0.15) is 0 Å². The molecule has 1 amide bonds. The van der Waals surface area contributed by atoms with E-state index >= 15 is 0 Å². The third kappa shape index (κ3) is 6.62. The molecule has 0 heterocycles. The number of carbonyl (C=O) groups is 2. The number of hydrogen-bond acceptors (Lipinski definition) is 4. The summed E-state index contributed by atoms with van der Waals surface area (Å²) in [6.45, 7) is 2.36. The summed E-state index contributed by atoms with van der Waals surface area (Å²) in [5.41, 5.74) is 3.14. The molecular weight excluding hydrogens is 422 g/mol. The van der Waals surface area contributed by atoms with Crippen molar-refractivity contribution < 1.29 is 18.0 Å². The number of nitrogens with one attached hydrogen (secondary N) is 1. The van der Waals surface area contributed by atoms with Crippen LogP contribution in [0.15, 0.2) is 83.8 Å². The first-order valence-corrected chi connectivity index (χ1v) is 12.2. The van der Waals surface area contributed by atoms with Gasteiger partial charge in [-0.1, -0.05) is 72.3 Å². The molecule has 6 heteroatoms. The van der Waals surface area contributed by atoms with Crippen LogP contribution in [0.4, 0.5) is 0 Å². The van der Waals surface area contributed by atoms with Crippen molar-refractivity contribution in [2.75, 3.05) is 12.3 Å². The fourth-order valence-corrected chi connectivity index (χ4v) is 4.86. The highest BCUT2D eigenvalue weighted by molar-refractivity contribution is 7.91. The van der Waals surface area contributed by atoms with E-state index in [4.69, 9.17) is 0 Å². The molecule has 0 aliphatic heterocycles. The zero-order chi connectivity index (χ0) is 23.0. The Labute approximate surface area is 189 Å². The maximum Gasteiger partial charge on any atom is 0.252 e. The van der Waals surface area contributed by atoms with Gasteiger partial charge in [0.05, 0.1) is 16.2 Å². The number of rotatable bonds is 10. The van der Waals surface area contributed by atoms with Gasteiger partial charge in [0.15, 0.2) is 9.84 Å². The number of hydrogen-bond donors (Lipinski definition) is 1. The first-order valence-electron chi connectivity index (χ1n) is 10.6. The van der Waals surface area contributed by atoms with E-state index in [0.717, 1.165) is 16.7 Å². The minimum Gasteiger partial charge on any atom is -0.352 e. The molecule has 0 radical (unpaired) electrons. The third-order valence-electron chi connectivity index (χ3n) is 5.18. The lowest BCUT2D eigenvalue weighted by molar-refractivity contribution is -0.118. The molecule has 0 spiro atoms. The Balaban J connectivity index is 1.61. The van der Waals surface area contributed by atoms with E-state index in [2.05, 4.69) is 5.32 Å². The number of ketones is 1. The second-order valence-electron chi connectivity index (χ2n) is 7.76. The average molecular weight is 450 g/mol. The summed E-state index contributed by atoms with van der Waals surface area (Å²) in [6.07, 6.45) is 0.743. The van der Waals surface area contributed by atoms with Crippen LogP contribution in [-0.2, 0) is 27.5 Å². The van der Waals surface area contributed by atoms with Gasteiger partial charge in [-0.25, -0.2) is 8.42 Å². The van der Waals surface area contributed by atoms with Crippen molar-refractivity contribution in [1.29, 1.82) is 0 Å². The minimum atomic E-state index is -3.79. The van der Waals surface area contributed by atoms with E-state index in [1.54, 1.807) is 12.1 Å². The minimum absolute atomic E-state index is 0.0413. The second kappa shape index (κ2) is 10.9. The molecule has 166 valence electrons. The number of benzene rings is 3. The van der Waals surface area contributed by atoms with Gasteiger partial charge in [0.1, 0.15) is 5.78 Å². The highest BCUT2D eigenvalue weighted by Gasteiger charge is 2.23. The van der Waals surface area contributed by atoms with Crippen LogP contribution in [0.5, 0.6) is 0 Å². The number of aryl methyl sites for hydroxylation is 1. The summed E-state index contributed by atoms with van der Waals surface area (Å²) >= 11 is 0. The highest BCUT2D eigenvalue weighted by Crippen LogP contribution is 2.18. The van der Waals surface area contributed by atoms with E-state index in [1.165, 1.54) is 12.1 Å². The Morgan fingerprint density at radius 3 is 2.19 bits per heavy atom. The van der Waals surface area contributed by atoms with Gasteiger partial charge in [-0.3, -0.25) is 9.59 Å². The van der Waals surface area contributed by atoms with Crippen molar-refractivity contribution in [3.63, 3.8) is 0 Å². The fourth-order valence-electron chi connectivity index (χ4n) is 3.37. The molecule has 3 aromatic rings. The Kier molecular flexibility index (Phi) is 7.95. The predicted octanol–water partition coefficient (Wildman–Crippen LogP) is 3.94. The standard InChI is InChI=1S/C26H27NO4S/c1-20-11-13-22(14-12-20)19-23(28)16-18-32(30,31)25-10-6-5-9-24(25)26(29)27-17-15-21-7-3-2-4-8-21/h2-14H,15-19H2,1H3,(H,27,29). The summed E-state index contributed by atoms with van der Waals surface area (Å²) in [5, 5.41) is 2.79. The summed E-state index contributed by atoms with van der Waals surface area (Å²) in [6, 6.07) is 23.5. The lowest BCUT2D eigenvalue weighted by Gasteiger charge is -2.11. The Bertz CT molecular complexity index is 1170. The first kappa shape index (κ1) is 23.4. The highest BCUT2D eigenvalue weighted by atomic mass is 32.2. The number of carbonyl (C=O) groups excluding carboxylic acids is 2. The van der Waals surface area contributed by atoms with Gasteiger partial charge >= 0.3 is 0 Å². The second-order valence-corrected chi connectivity index (χ2v) is 9.84. The summed E-state index contributed by atoms with van der Waals surface area (Å²) in [7, 11) is -3.79. The first-order chi connectivity index (χ1) is 15.3. The van der Waals surface area contributed by atoms with E-state index < -0.39 is 15.7 Å². The fraction of sp³-hybridized carbons (Fsp3) is 0.231.